The Balaban J connectivity index is 2.13. The number of aromatic nitrogens is 2. The molecule has 1 aliphatic rings. The van der Waals surface area contributed by atoms with Crippen molar-refractivity contribution >= 4 is 5.82 Å². The molecule has 1 aliphatic heterocycles. The lowest BCUT2D eigenvalue weighted by Gasteiger charge is -2.12. The van der Waals surface area contributed by atoms with Crippen LogP contribution >= 0.6 is 0 Å². The second-order valence-electron chi connectivity index (χ2n) is 4.69. The average molecular weight is 235 g/mol. The van der Waals surface area contributed by atoms with Crippen LogP contribution in [0.4, 0.5) is 5.82 Å². The molecule has 17 heavy (non-hydrogen) atoms. The van der Waals surface area contributed by atoms with E-state index in [9.17, 15) is 0 Å². The number of nitrogens with one attached hydrogen (secondary N) is 1. The van der Waals surface area contributed by atoms with Gasteiger partial charge in [-0.2, -0.15) is 0 Å². The molecule has 1 aromatic rings. The molecule has 1 saturated heterocycles. The first-order valence-corrected chi connectivity index (χ1v) is 6.44. The molecule has 4 heteroatoms. The van der Waals surface area contributed by atoms with E-state index in [1.54, 1.807) is 0 Å². The molecular weight excluding hydrogens is 214 g/mol. The fraction of sp³-hybridized carbons (Fsp3) is 0.692. The molecule has 1 N–H and O–H groups in total. The van der Waals surface area contributed by atoms with Gasteiger partial charge in [-0.05, 0) is 33.1 Å². The number of nitrogens with zero attached hydrogens (tertiary/aromatic N) is 2. The quantitative estimate of drug-likeness (QED) is 0.871. The minimum Gasteiger partial charge on any atom is -0.370 e. The van der Waals surface area contributed by atoms with Gasteiger partial charge in [0, 0.05) is 18.3 Å². The maximum Gasteiger partial charge on any atom is 0.159 e. The van der Waals surface area contributed by atoms with Crippen LogP contribution in [0.1, 0.15) is 50.7 Å². The number of aryl methyl sites for hydroxylation is 1. The second-order valence-corrected chi connectivity index (χ2v) is 4.69. The summed E-state index contributed by atoms with van der Waals surface area (Å²) in [5.41, 5.74) is 0.997. The zero-order chi connectivity index (χ0) is 12.3. The van der Waals surface area contributed by atoms with E-state index < -0.39 is 0 Å². The molecule has 0 aliphatic carbocycles. The van der Waals surface area contributed by atoms with E-state index in [1.807, 2.05) is 13.0 Å². The van der Waals surface area contributed by atoms with Crippen molar-refractivity contribution in [1.29, 1.82) is 0 Å². The topological polar surface area (TPSA) is 47.0 Å². The smallest absolute Gasteiger partial charge is 0.159 e. The lowest BCUT2D eigenvalue weighted by Crippen LogP contribution is -2.10. The first kappa shape index (κ1) is 12.3. The van der Waals surface area contributed by atoms with Gasteiger partial charge in [0.15, 0.2) is 5.82 Å². The van der Waals surface area contributed by atoms with Crippen LogP contribution in [0.3, 0.4) is 0 Å². The Morgan fingerprint density at radius 1 is 1.41 bits per heavy atom. The van der Waals surface area contributed by atoms with Crippen molar-refractivity contribution in [1.82, 2.24) is 9.97 Å². The normalized spacial score (nSPS) is 23.9. The van der Waals surface area contributed by atoms with Crippen molar-refractivity contribution in [2.24, 2.45) is 0 Å². The van der Waals surface area contributed by atoms with E-state index in [-0.39, 0.29) is 6.10 Å². The lowest BCUT2D eigenvalue weighted by molar-refractivity contribution is 0.0503. The summed E-state index contributed by atoms with van der Waals surface area (Å²) < 4.78 is 5.81. The molecule has 1 aromatic heterocycles. The number of hydrogen-bond donors (Lipinski definition) is 1. The van der Waals surface area contributed by atoms with Gasteiger partial charge in [-0.3, -0.25) is 0 Å². The summed E-state index contributed by atoms with van der Waals surface area (Å²) in [5, 5.41) is 3.30. The summed E-state index contributed by atoms with van der Waals surface area (Å²) in [6, 6.07) is 1.98. The minimum atomic E-state index is 0.0760. The van der Waals surface area contributed by atoms with Crippen molar-refractivity contribution < 1.29 is 4.74 Å². The fourth-order valence-electron chi connectivity index (χ4n) is 2.07. The Morgan fingerprint density at radius 2 is 2.24 bits per heavy atom. The van der Waals surface area contributed by atoms with Crippen LogP contribution in [0, 0.1) is 6.92 Å². The molecular formula is C13H21N3O. The molecule has 0 spiro atoms. The van der Waals surface area contributed by atoms with E-state index in [1.165, 1.54) is 0 Å². The zero-order valence-electron chi connectivity index (χ0n) is 10.9. The second kappa shape index (κ2) is 5.45. The molecule has 0 radical (unpaired) electrons. The summed E-state index contributed by atoms with van der Waals surface area (Å²) in [7, 11) is 0. The van der Waals surface area contributed by atoms with E-state index in [0.717, 1.165) is 43.1 Å². The van der Waals surface area contributed by atoms with Gasteiger partial charge in [0.25, 0.3) is 0 Å². The minimum absolute atomic E-state index is 0.0760. The first-order chi connectivity index (χ1) is 8.19. The zero-order valence-corrected chi connectivity index (χ0v) is 10.9. The van der Waals surface area contributed by atoms with Gasteiger partial charge >= 0.3 is 0 Å². The van der Waals surface area contributed by atoms with Gasteiger partial charge in [-0.1, -0.05) is 6.92 Å². The number of anilines is 1. The van der Waals surface area contributed by atoms with Gasteiger partial charge in [0.2, 0.25) is 0 Å². The van der Waals surface area contributed by atoms with E-state index in [2.05, 4.69) is 29.1 Å². The standard InChI is InChI=1S/C13H21N3O/c1-4-7-14-12-8-9(2)15-13(16-12)11-6-5-10(3)17-11/h8,10-11H,4-7H2,1-3H3,(H,14,15,16). The van der Waals surface area contributed by atoms with Gasteiger partial charge in [-0.25, -0.2) is 9.97 Å². The molecule has 4 nitrogen and oxygen atoms in total. The maximum atomic E-state index is 5.81. The van der Waals surface area contributed by atoms with Crippen LogP contribution in [-0.4, -0.2) is 22.6 Å². The average Bonchev–Trinajstić information content (AvgIpc) is 2.72. The monoisotopic (exact) mass is 235 g/mol. The third-order valence-electron chi connectivity index (χ3n) is 2.95. The lowest BCUT2D eigenvalue weighted by atomic mass is 10.2. The Hall–Kier alpha value is -1.16. The van der Waals surface area contributed by atoms with Crippen molar-refractivity contribution in [3.05, 3.63) is 17.6 Å². The Kier molecular flexibility index (Phi) is 3.94. The summed E-state index contributed by atoms with van der Waals surface area (Å²) in [6.07, 6.45) is 3.62. The Labute approximate surface area is 103 Å². The Bertz CT molecular complexity index is 381. The fourth-order valence-corrected chi connectivity index (χ4v) is 2.07. The highest BCUT2D eigenvalue weighted by atomic mass is 16.5. The third-order valence-corrected chi connectivity index (χ3v) is 2.95. The molecule has 94 valence electrons. The molecule has 2 rings (SSSR count). The largest absolute Gasteiger partial charge is 0.370 e. The summed E-state index contributed by atoms with van der Waals surface area (Å²) in [6.45, 7) is 7.19. The van der Waals surface area contributed by atoms with Crippen LogP contribution in [0.25, 0.3) is 0 Å². The van der Waals surface area contributed by atoms with Gasteiger partial charge in [0.1, 0.15) is 11.9 Å². The van der Waals surface area contributed by atoms with E-state index in [0.29, 0.717) is 6.10 Å². The molecule has 0 aromatic carbocycles. The number of ether oxygens (including phenoxy) is 1. The van der Waals surface area contributed by atoms with E-state index >= 15 is 0 Å². The highest BCUT2D eigenvalue weighted by molar-refractivity contribution is 5.36. The number of hydrogen-bond acceptors (Lipinski definition) is 4. The maximum absolute atomic E-state index is 5.81. The predicted molar refractivity (Wildman–Crippen MR) is 68.1 cm³/mol. The molecule has 1 fully saturated rings. The summed E-state index contributed by atoms with van der Waals surface area (Å²) in [5.74, 6) is 1.74. The molecule has 2 atom stereocenters. The highest BCUT2D eigenvalue weighted by Gasteiger charge is 2.26. The molecule has 2 heterocycles. The van der Waals surface area contributed by atoms with Crippen molar-refractivity contribution in [2.75, 3.05) is 11.9 Å². The highest BCUT2D eigenvalue weighted by Crippen LogP contribution is 2.30. The first-order valence-electron chi connectivity index (χ1n) is 6.44. The molecule has 0 bridgehead atoms. The van der Waals surface area contributed by atoms with Crippen LogP contribution in [0.2, 0.25) is 0 Å². The van der Waals surface area contributed by atoms with Crippen LogP contribution in [-0.2, 0) is 4.74 Å². The molecule has 2 unspecified atom stereocenters. The SMILES string of the molecule is CCCNc1cc(C)nc(C2CCC(C)O2)n1. The van der Waals surface area contributed by atoms with E-state index in [4.69, 9.17) is 4.74 Å². The number of rotatable bonds is 4. The van der Waals surface area contributed by atoms with Gasteiger partial charge in [0.05, 0.1) is 6.10 Å². The van der Waals surface area contributed by atoms with Crippen molar-refractivity contribution in [3.63, 3.8) is 0 Å². The third kappa shape index (κ3) is 3.16. The summed E-state index contributed by atoms with van der Waals surface area (Å²) >= 11 is 0. The van der Waals surface area contributed by atoms with Crippen molar-refractivity contribution in [2.45, 2.75) is 52.2 Å². The van der Waals surface area contributed by atoms with Crippen LogP contribution in [0.15, 0.2) is 6.07 Å². The summed E-state index contributed by atoms with van der Waals surface area (Å²) in [4.78, 5) is 9.02. The molecule has 0 amide bonds. The Morgan fingerprint density at radius 3 is 2.88 bits per heavy atom. The molecule has 0 saturated carbocycles. The van der Waals surface area contributed by atoms with Gasteiger partial charge in [-0.15, -0.1) is 0 Å². The van der Waals surface area contributed by atoms with Gasteiger partial charge < -0.3 is 10.1 Å². The van der Waals surface area contributed by atoms with Crippen LogP contribution < -0.4 is 5.32 Å². The van der Waals surface area contributed by atoms with Crippen molar-refractivity contribution in [3.8, 4) is 0 Å². The predicted octanol–water partition coefficient (Wildman–Crippen LogP) is 2.85. The van der Waals surface area contributed by atoms with Crippen LogP contribution in [0.5, 0.6) is 0 Å².